The van der Waals surface area contributed by atoms with Crippen LogP contribution in [0.2, 0.25) is 0 Å². The molecule has 0 bridgehead atoms. The molecule has 4 rings (SSSR count). The van der Waals surface area contributed by atoms with Crippen molar-refractivity contribution in [3.05, 3.63) is 77.6 Å². The zero-order valence-corrected chi connectivity index (χ0v) is 19.3. The third-order valence-corrected chi connectivity index (χ3v) is 6.34. The second kappa shape index (κ2) is 11.0. The molecule has 1 heterocycles. The number of hydrogen-bond acceptors (Lipinski definition) is 4. The summed E-state index contributed by atoms with van der Waals surface area (Å²) in [5.41, 5.74) is 1.16. The molecular formula is C27H28FN3O4. The number of carbonyl (C=O) groups is 3. The van der Waals surface area contributed by atoms with E-state index in [0.717, 1.165) is 10.8 Å². The Balaban J connectivity index is 1.25. The maximum absolute atomic E-state index is 14.7. The van der Waals surface area contributed by atoms with Gasteiger partial charge in [0.05, 0.1) is 5.69 Å². The lowest BCUT2D eigenvalue weighted by Gasteiger charge is -2.33. The Bertz CT molecular complexity index is 1240. The molecule has 0 aliphatic carbocycles. The molecule has 3 N–H and O–H groups in total. The van der Waals surface area contributed by atoms with Crippen LogP contribution in [0.3, 0.4) is 0 Å². The molecule has 2 amide bonds. The SMILES string of the molecule is O=C(O)CC1CCN(c2ccc(C(=O)NCCNC(=O)c3ccc4ccccc4c3)cc2F)CC1. The lowest BCUT2D eigenvalue weighted by atomic mass is 9.93. The second-order valence-corrected chi connectivity index (χ2v) is 8.77. The zero-order valence-electron chi connectivity index (χ0n) is 19.3. The van der Waals surface area contributed by atoms with E-state index in [1.807, 2.05) is 41.3 Å². The molecule has 1 aliphatic heterocycles. The van der Waals surface area contributed by atoms with E-state index in [1.54, 1.807) is 18.2 Å². The summed E-state index contributed by atoms with van der Waals surface area (Å²) in [4.78, 5) is 37.6. The number of anilines is 1. The fourth-order valence-electron chi connectivity index (χ4n) is 4.42. The van der Waals surface area contributed by atoms with Gasteiger partial charge < -0.3 is 20.6 Å². The minimum atomic E-state index is -0.807. The maximum Gasteiger partial charge on any atom is 0.303 e. The summed E-state index contributed by atoms with van der Waals surface area (Å²) in [7, 11) is 0. The van der Waals surface area contributed by atoms with Crippen molar-refractivity contribution in [2.45, 2.75) is 19.3 Å². The summed E-state index contributed by atoms with van der Waals surface area (Å²) in [5.74, 6) is -1.83. The summed E-state index contributed by atoms with van der Waals surface area (Å²) in [6.45, 7) is 1.61. The van der Waals surface area contributed by atoms with Crippen molar-refractivity contribution in [1.29, 1.82) is 0 Å². The largest absolute Gasteiger partial charge is 0.481 e. The van der Waals surface area contributed by atoms with Crippen LogP contribution >= 0.6 is 0 Å². The number of fused-ring (bicyclic) bond motifs is 1. The van der Waals surface area contributed by atoms with Crippen molar-refractivity contribution in [2.24, 2.45) is 5.92 Å². The third-order valence-electron chi connectivity index (χ3n) is 6.34. The monoisotopic (exact) mass is 477 g/mol. The number of carboxylic acid groups (broad SMARTS) is 1. The van der Waals surface area contributed by atoms with E-state index in [1.165, 1.54) is 6.07 Å². The van der Waals surface area contributed by atoms with Crippen LogP contribution in [0, 0.1) is 11.7 Å². The van der Waals surface area contributed by atoms with Crippen LogP contribution in [0.1, 0.15) is 40.0 Å². The van der Waals surface area contributed by atoms with Crippen LogP contribution in [0.25, 0.3) is 10.8 Å². The van der Waals surface area contributed by atoms with E-state index < -0.39 is 17.7 Å². The van der Waals surface area contributed by atoms with E-state index in [-0.39, 0.29) is 36.9 Å². The highest BCUT2D eigenvalue weighted by atomic mass is 19.1. The number of carboxylic acids is 1. The highest BCUT2D eigenvalue weighted by Gasteiger charge is 2.23. The highest BCUT2D eigenvalue weighted by Crippen LogP contribution is 2.27. The molecule has 0 aromatic heterocycles. The number of aliphatic carboxylic acids is 1. The Morgan fingerprint density at radius 3 is 2.09 bits per heavy atom. The van der Waals surface area contributed by atoms with Crippen molar-refractivity contribution in [3.63, 3.8) is 0 Å². The summed E-state index contributed by atoms with van der Waals surface area (Å²) in [5, 5.41) is 16.4. The average molecular weight is 478 g/mol. The lowest BCUT2D eigenvalue weighted by Crippen LogP contribution is -2.35. The first-order chi connectivity index (χ1) is 16.9. The molecule has 0 saturated carbocycles. The van der Waals surface area contributed by atoms with Gasteiger partial charge in [-0.25, -0.2) is 4.39 Å². The number of halogens is 1. The number of carbonyl (C=O) groups excluding carboxylic acids is 2. The van der Waals surface area contributed by atoms with Gasteiger partial charge in [-0.05, 0) is 59.9 Å². The predicted octanol–water partition coefficient (Wildman–Crippen LogP) is 3.83. The van der Waals surface area contributed by atoms with Gasteiger partial charge in [-0.2, -0.15) is 0 Å². The summed E-state index contributed by atoms with van der Waals surface area (Å²) in [6.07, 6.45) is 1.52. The van der Waals surface area contributed by atoms with Crippen molar-refractivity contribution in [1.82, 2.24) is 10.6 Å². The molecule has 35 heavy (non-hydrogen) atoms. The van der Waals surface area contributed by atoms with Gasteiger partial charge in [-0.1, -0.05) is 30.3 Å². The molecule has 7 nitrogen and oxygen atoms in total. The van der Waals surface area contributed by atoms with Gasteiger partial charge >= 0.3 is 5.97 Å². The zero-order chi connectivity index (χ0) is 24.8. The Labute approximate surface area is 202 Å². The number of amides is 2. The summed E-state index contributed by atoms with van der Waals surface area (Å²) < 4.78 is 14.7. The quantitative estimate of drug-likeness (QED) is 0.429. The molecule has 1 saturated heterocycles. The molecule has 1 fully saturated rings. The molecule has 0 unspecified atom stereocenters. The van der Waals surface area contributed by atoms with Crippen LogP contribution in [0.15, 0.2) is 60.7 Å². The van der Waals surface area contributed by atoms with Gasteiger partial charge in [0.25, 0.3) is 11.8 Å². The van der Waals surface area contributed by atoms with Crippen LogP contribution < -0.4 is 15.5 Å². The molecular weight excluding hydrogens is 449 g/mol. The minimum absolute atomic E-state index is 0.110. The number of benzene rings is 3. The van der Waals surface area contributed by atoms with Crippen LogP contribution in [-0.2, 0) is 4.79 Å². The Morgan fingerprint density at radius 1 is 0.857 bits per heavy atom. The van der Waals surface area contributed by atoms with Gasteiger partial charge in [-0.15, -0.1) is 0 Å². The summed E-state index contributed by atoms with van der Waals surface area (Å²) >= 11 is 0. The number of rotatable bonds is 8. The van der Waals surface area contributed by atoms with Gasteiger partial charge in [0.2, 0.25) is 0 Å². The van der Waals surface area contributed by atoms with Crippen molar-refractivity contribution >= 4 is 34.2 Å². The van der Waals surface area contributed by atoms with E-state index in [4.69, 9.17) is 5.11 Å². The van der Waals surface area contributed by atoms with Crippen LogP contribution in [-0.4, -0.2) is 49.1 Å². The van der Waals surface area contributed by atoms with E-state index in [9.17, 15) is 18.8 Å². The van der Waals surface area contributed by atoms with Gasteiger partial charge in [0.1, 0.15) is 5.82 Å². The first-order valence-electron chi connectivity index (χ1n) is 11.7. The molecule has 0 spiro atoms. The lowest BCUT2D eigenvalue weighted by molar-refractivity contribution is -0.138. The van der Waals surface area contributed by atoms with Gasteiger partial charge in [0, 0.05) is 43.7 Å². The fourth-order valence-corrected chi connectivity index (χ4v) is 4.42. The summed E-state index contributed by atoms with van der Waals surface area (Å²) in [6, 6.07) is 17.6. The van der Waals surface area contributed by atoms with E-state index in [2.05, 4.69) is 10.6 Å². The number of nitrogens with one attached hydrogen (secondary N) is 2. The fraction of sp³-hybridized carbons (Fsp3) is 0.296. The second-order valence-electron chi connectivity index (χ2n) is 8.77. The van der Waals surface area contributed by atoms with Crippen molar-refractivity contribution in [3.8, 4) is 0 Å². The molecule has 8 heteroatoms. The molecule has 3 aromatic carbocycles. The average Bonchev–Trinajstić information content (AvgIpc) is 2.86. The molecule has 3 aromatic rings. The number of nitrogens with zero attached hydrogens (tertiary/aromatic N) is 1. The molecule has 0 radical (unpaired) electrons. The molecule has 1 aliphatic rings. The van der Waals surface area contributed by atoms with Gasteiger partial charge in [0.15, 0.2) is 0 Å². The van der Waals surface area contributed by atoms with Gasteiger partial charge in [-0.3, -0.25) is 14.4 Å². The molecule has 0 atom stereocenters. The van der Waals surface area contributed by atoms with Crippen LogP contribution in [0.4, 0.5) is 10.1 Å². The maximum atomic E-state index is 14.7. The first-order valence-corrected chi connectivity index (χ1v) is 11.7. The molecule has 182 valence electrons. The van der Waals surface area contributed by atoms with E-state index in [0.29, 0.717) is 37.2 Å². The van der Waals surface area contributed by atoms with Crippen LogP contribution in [0.5, 0.6) is 0 Å². The standard InChI is InChI=1S/C27H28FN3O4/c28-23-17-22(7-8-24(23)31-13-9-18(10-14-31)15-25(32)33)27(35)30-12-11-29-26(34)21-6-5-19-3-1-2-4-20(19)16-21/h1-8,16-18H,9-15H2,(H,29,34)(H,30,35)(H,32,33). The number of hydrogen-bond donors (Lipinski definition) is 3. The first kappa shape index (κ1) is 24.2. The normalized spacial score (nSPS) is 14.0. The van der Waals surface area contributed by atoms with Crippen molar-refractivity contribution in [2.75, 3.05) is 31.1 Å². The van der Waals surface area contributed by atoms with E-state index >= 15 is 0 Å². The Kier molecular flexibility index (Phi) is 7.60. The predicted molar refractivity (Wildman–Crippen MR) is 132 cm³/mol. The Hall–Kier alpha value is -3.94. The third kappa shape index (κ3) is 6.15. The number of piperidine rings is 1. The smallest absolute Gasteiger partial charge is 0.303 e. The highest BCUT2D eigenvalue weighted by molar-refractivity contribution is 5.98. The Morgan fingerprint density at radius 2 is 1.46 bits per heavy atom. The topological polar surface area (TPSA) is 98.7 Å². The van der Waals surface area contributed by atoms with Crippen molar-refractivity contribution < 1.29 is 23.9 Å². The minimum Gasteiger partial charge on any atom is -0.481 e.